The predicted octanol–water partition coefficient (Wildman–Crippen LogP) is 2.41. The molecule has 0 bridgehead atoms. The molecule has 0 aromatic carbocycles. The summed E-state index contributed by atoms with van der Waals surface area (Å²) in [5, 5.41) is 0.380. The first-order chi connectivity index (χ1) is 9.59. The number of pyridine rings is 1. The van der Waals surface area contributed by atoms with Crippen LogP contribution in [0.25, 0.3) is 0 Å². The summed E-state index contributed by atoms with van der Waals surface area (Å²) in [6.07, 6.45) is 0.765. The van der Waals surface area contributed by atoms with Crippen LogP contribution in [-0.4, -0.2) is 45.1 Å². The van der Waals surface area contributed by atoms with E-state index in [1.54, 1.807) is 20.3 Å². The lowest BCUT2D eigenvalue weighted by Gasteiger charge is -2.25. The molecule has 1 aliphatic heterocycles. The molecule has 5 nitrogen and oxygen atoms in total. The topological polar surface area (TPSA) is 49.8 Å². The highest BCUT2D eigenvalue weighted by molar-refractivity contribution is 6.29. The molecule has 0 spiro atoms. The van der Waals surface area contributed by atoms with E-state index in [2.05, 4.69) is 4.98 Å². The second kappa shape index (κ2) is 6.72. The van der Waals surface area contributed by atoms with E-state index in [1.807, 2.05) is 13.0 Å². The third kappa shape index (κ3) is 3.41. The average molecular weight is 302 g/mol. The first-order valence-electron chi connectivity index (χ1n) is 6.56. The number of hydrogen-bond donors (Lipinski definition) is 0. The third-order valence-electron chi connectivity index (χ3n) is 3.50. The van der Waals surface area contributed by atoms with Crippen LogP contribution in [0.4, 0.5) is 0 Å². The number of ether oxygens (including phenoxy) is 4. The van der Waals surface area contributed by atoms with Crippen molar-refractivity contribution in [1.29, 1.82) is 0 Å². The largest absolute Gasteiger partial charge is 0.491 e. The second-order valence-electron chi connectivity index (χ2n) is 4.87. The van der Waals surface area contributed by atoms with Gasteiger partial charge >= 0.3 is 0 Å². The molecular formula is C14H20ClNO4. The quantitative estimate of drug-likeness (QED) is 0.755. The van der Waals surface area contributed by atoms with Gasteiger partial charge in [-0.2, -0.15) is 0 Å². The van der Waals surface area contributed by atoms with Gasteiger partial charge in [-0.1, -0.05) is 11.6 Å². The van der Waals surface area contributed by atoms with Crippen molar-refractivity contribution in [3.05, 3.63) is 23.0 Å². The van der Waals surface area contributed by atoms with E-state index in [9.17, 15) is 0 Å². The highest BCUT2D eigenvalue weighted by Crippen LogP contribution is 2.35. The molecule has 0 amide bonds. The fourth-order valence-corrected chi connectivity index (χ4v) is 2.28. The molecule has 0 saturated carbocycles. The van der Waals surface area contributed by atoms with Crippen LogP contribution in [0.1, 0.15) is 19.0 Å². The molecule has 2 atom stereocenters. The summed E-state index contributed by atoms with van der Waals surface area (Å²) < 4.78 is 21.9. The van der Waals surface area contributed by atoms with Gasteiger partial charge in [0.25, 0.3) is 0 Å². The van der Waals surface area contributed by atoms with Crippen LogP contribution < -0.4 is 4.74 Å². The molecule has 2 rings (SSSR count). The summed E-state index contributed by atoms with van der Waals surface area (Å²) in [6.45, 7) is 3.52. The van der Waals surface area contributed by atoms with Gasteiger partial charge in [-0.3, -0.25) is 0 Å². The second-order valence-corrected chi connectivity index (χ2v) is 5.26. The Kier molecular flexibility index (Phi) is 5.21. The first-order valence-corrected chi connectivity index (χ1v) is 6.94. The Morgan fingerprint density at radius 3 is 2.85 bits per heavy atom. The SMILES string of the molecule is COC(C)COc1cc(Cl)nc(C2(OC)CCOC2)c1. The molecule has 1 saturated heterocycles. The molecular weight excluding hydrogens is 282 g/mol. The number of methoxy groups -OCH3 is 2. The molecule has 2 heterocycles. The summed E-state index contributed by atoms with van der Waals surface area (Å²) in [4.78, 5) is 4.36. The maximum atomic E-state index is 6.08. The van der Waals surface area contributed by atoms with E-state index in [-0.39, 0.29) is 6.10 Å². The fraction of sp³-hybridized carbons (Fsp3) is 0.643. The molecule has 1 fully saturated rings. The average Bonchev–Trinajstić information content (AvgIpc) is 2.94. The number of nitrogens with zero attached hydrogens (tertiary/aromatic N) is 1. The molecule has 1 aliphatic rings. The predicted molar refractivity (Wildman–Crippen MR) is 75.3 cm³/mol. The van der Waals surface area contributed by atoms with Gasteiger partial charge in [-0.15, -0.1) is 0 Å². The molecule has 1 aromatic rings. The molecule has 0 radical (unpaired) electrons. The van der Waals surface area contributed by atoms with Crippen LogP contribution in [0.2, 0.25) is 5.15 Å². The smallest absolute Gasteiger partial charge is 0.135 e. The molecule has 0 N–H and O–H groups in total. The normalized spacial score (nSPS) is 23.8. The summed E-state index contributed by atoms with van der Waals surface area (Å²) in [5.41, 5.74) is 0.209. The summed E-state index contributed by atoms with van der Waals surface area (Å²) >= 11 is 6.08. The first kappa shape index (κ1) is 15.5. The van der Waals surface area contributed by atoms with Crippen molar-refractivity contribution in [2.24, 2.45) is 0 Å². The van der Waals surface area contributed by atoms with Crippen molar-refractivity contribution in [3.8, 4) is 5.75 Å². The van der Waals surface area contributed by atoms with Crippen LogP contribution in [0.15, 0.2) is 12.1 Å². The van der Waals surface area contributed by atoms with E-state index >= 15 is 0 Å². The van der Waals surface area contributed by atoms with E-state index in [0.717, 1.165) is 12.1 Å². The van der Waals surface area contributed by atoms with E-state index in [0.29, 0.717) is 30.7 Å². The van der Waals surface area contributed by atoms with Gasteiger partial charge in [0, 0.05) is 39.4 Å². The maximum absolute atomic E-state index is 6.08. The van der Waals surface area contributed by atoms with Crippen molar-refractivity contribution in [2.45, 2.75) is 25.0 Å². The lowest BCUT2D eigenvalue weighted by atomic mass is 9.98. The molecule has 2 unspecified atom stereocenters. The Hall–Kier alpha value is -0.880. The standard InChI is InChI=1S/C14H20ClNO4/c1-10(17-2)8-20-11-6-12(16-13(15)7-11)14(18-3)4-5-19-9-14/h6-7,10H,4-5,8-9H2,1-3H3. The zero-order valence-corrected chi connectivity index (χ0v) is 12.8. The monoisotopic (exact) mass is 301 g/mol. The minimum Gasteiger partial charge on any atom is -0.491 e. The van der Waals surface area contributed by atoms with Crippen molar-refractivity contribution < 1.29 is 18.9 Å². The minimum atomic E-state index is -0.532. The van der Waals surface area contributed by atoms with Gasteiger partial charge in [-0.05, 0) is 6.92 Å². The van der Waals surface area contributed by atoms with Crippen molar-refractivity contribution in [2.75, 3.05) is 34.0 Å². The summed E-state index contributed by atoms with van der Waals surface area (Å²) in [6, 6.07) is 3.54. The number of aromatic nitrogens is 1. The van der Waals surface area contributed by atoms with Gasteiger partial charge in [0.15, 0.2) is 0 Å². The molecule has 6 heteroatoms. The number of hydrogen-bond acceptors (Lipinski definition) is 5. The van der Waals surface area contributed by atoms with Crippen LogP contribution in [0.3, 0.4) is 0 Å². The van der Waals surface area contributed by atoms with Crippen LogP contribution >= 0.6 is 11.6 Å². The van der Waals surface area contributed by atoms with Gasteiger partial charge < -0.3 is 18.9 Å². The fourth-order valence-electron chi connectivity index (χ4n) is 2.09. The number of rotatable bonds is 6. The molecule has 112 valence electrons. The highest BCUT2D eigenvalue weighted by Gasteiger charge is 2.38. The molecule has 20 heavy (non-hydrogen) atoms. The van der Waals surface area contributed by atoms with Gasteiger partial charge in [0.05, 0.1) is 18.4 Å². The van der Waals surface area contributed by atoms with Crippen LogP contribution in [-0.2, 0) is 19.8 Å². The van der Waals surface area contributed by atoms with Crippen LogP contribution in [0.5, 0.6) is 5.75 Å². The minimum absolute atomic E-state index is 0.0107. The van der Waals surface area contributed by atoms with Crippen molar-refractivity contribution in [3.63, 3.8) is 0 Å². The Morgan fingerprint density at radius 1 is 1.45 bits per heavy atom. The highest BCUT2D eigenvalue weighted by atomic mass is 35.5. The van der Waals surface area contributed by atoms with Gasteiger partial charge in [-0.25, -0.2) is 4.98 Å². The van der Waals surface area contributed by atoms with Crippen molar-refractivity contribution in [1.82, 2.24) is 4.98 Å². The molecule has 0 aliphatic carbocycles. The van der Waals surface area contributed by atoms with Gasteiger partial charge in [0.2, 0.25) is 0 Å². The Labute approximate surface area is 124 Å². The summed E-state index contributed by atoms with van der Waals surface area (Å²) in [7, 11) is 3.31. The maximum Gasteiger partial charge on any atom is 0.135 e. The Morgan fingerprint density at radius 2 is 2.25 bits per heavy atom. The van der Waals surface area contributed by atoms with Crippen molar-refractivity contribution >= 4 is 11.6 Å². The Balaban J connectivity index is 2.19. The third-order valence-corrected chi connectivity index (χ3v) is 3.69. The zero-order valence-electron chi connectivity index (χ0n) is 12.0. The zero-order chi connectivity index (χ0) is 14.6. The lowest BCUT2D eigenvalue weighted by molar-refractivity contribution is -0.0248. The van der Waals surface area contributed by atoms with Crippen LogP contribution in [0, 0.1) is 0 Å². The summed E-state index contributed by atoms with van der Waals surface area (Å²) in [5.74, 6) is 0.659. The van der Waals surface area contributed by atoms with E-state index in [4.69, 9.17) is 30.5 Å². The van der Waals surface area contributed by atoms with Gasteiger partial charge in [0.1, 0.15) is 23.1 Å². The van der Waals surface area contributed by atoms with E-state index in [1.165, 1.54) is 0 Å². The number of halogens is 1. The molecule has 1 aromatic heterocycles. The van der Waals surface area contributed by atoms with E-state index < -0.39 is 5.60 Å². The lowest BCUT2D eigenvalue weighted by Crippen LogP contribution is -2.30. The Bertz CT molecular complexity index is 449.